The summed E-state index contributed by atoms with van der Waals surface area (Å²) < 4.78 is 1.93. The van der Waals surface area contributed by atoms with E-state index in [9.17, 15) is 0 Å². The lowest BCUT2D eigenvalue weighted by molar-refractivity contribution is 0.775. The normalized spacial score (nSPS) is 12.7. The Labute approximate surface area is 110 Å². The summed E-state index contributed by atoms with van der Waals surface area (Å²) in [5.74, 6) is 1.05. The molecule has 3 aromatic heterocycles. The van der Waals surface area contributed by atoms with Crippen LogP contribution < -0.4 is 5.32 Å². The van der Waals surface area contributed by atoms with Crippen molar-refractivity contribution in [2.24, 2.45) is 7.05 Å². The van der Waals surface area contributed by atoms with E-state index in [1.54, 1.807) is 6.20 Å². The molecule has 3 aromatic rings. The average Bonchev–Trinajstić information content (AvgIpc) is 3.03. The number of hydrogen-bond acceptors (Lipinski definition) is 3. The van der Waals surface area contributed by atoms with Crippen LogP contribution in [-0.4, -0.2) is 19.7 Å². The van der Waals surface area contributed by atoms with Crippen molar-refractivity contribution in [1.29, 1.82) is 0 Å². The lowest BCUT2D eigenvalue weighted by Crippen LogP contribution is -2.08. The van der Waals surface area contributed by atoms with Crippen molar-refractivity contribution in [3.63, 3.8) is 0 Å². The first-order chi connectivity index (χ1) is 9.33. The molecule has 0 aliphatic carbocycles. The first-order valence-corrected chi connectivity index (χ1v) is 6.21. The third-order valence-electron chi connectivity index (χ3n) is 3.52. The van der Waals surface area contributed by atoms with Crippen molar-refractivity contribution in [3.8, 4) is 22.5 Å². The maximum atomic E-state index is 4.33. The third-order valence-corrected chi connectivity index (χ3v) is 3.52. The molecule has 0 fully saturated rings. The minimum absolute atomic E-state index is 0.809. The van der Waals surface area contributed by atoms with Gasteiger partial charge in [-0.15, -0.1) is 0 Å². The second-order valence-electron chi connectivity index (χ2n) is 4.71. The van der Waals surface area contributed by atoms with Gasteiger partial charge in [0.15, 0.2) is 0 Å². The van der Waals surface area contributed by atoms with Crippen LogP contribution in [0.15, 0.2) is 36.8 Å². The number of pyridine rings is 1. The summed E-state index contributed by atoms with van der Waals surface area (Å²) in [6, 6.07) is 6.14. The number of aryl methyl sites for hydroxylation is 1. The first-order valence-electron chi connectivity index (χ1n) is 6.21. The van der Waals surface area contributed by atoms with Gasteiger partial charge in [-0.25, -0.2) is 0 Å². The smallest absolute Gasteiger partial charge is 0.113 e. The molecule has 0 unspecified atom stereocenters. The Bertz CT molecular complexity index is 739. The molecule has 5 nitrogen and oxygen atoms in total. The van der Waals surface area contributed by atoms with E-state index < -0.39 is 0 Å². The molecular weight excluding hydrogens is 238 g/mol. The van der Waals surface area contributed by atoms with E-state index in [0.29, 0.717) is 0 Å². The fourth-order valence-electron chi connectivity index (χ4n) is 2.60. The molecular formula is C14H13N5. The van der Waals surface area contributed by atoms with Gasteiger partial charge in [-0.05, 0) is 18.2 Å². The number of aromatic amines is 1. The lowest BCUT2D eigenvalue weighted by Gasteiger charge is -2.14. The van der Waals surface area contributed by atoms with Crippen LogP contribution >= 0.6 is 0 Å². The largest absolute Gasteiger partial charge is 0.367 e. The lowest BCUT2D eigenvalue weighted by atomic mass is 10.1. The van der Waals surface area contributed by atoms with Crippen molar-refractivity contribution >= 4 is 5.82 Å². The number of aromatic nitrogens is 4. The predicted molar refractivity (Wildman–Crippen MR) is 73.6 cm³/mol. The molecule has 0 aromatic carbocycles. The monoisotopic (exact) mass is 251 g/mol. The van der Waals surface area contributed by atoms with Crippen molar-refractivity contribution < 1.29 is 0 Å². The van der Waals surface area contributed by atoms with E-state index >= 15 is 0 Å². The van der Waals surface area contributed by atoms with E-state index in [4.69, 9.17) is 0 Å². The Kier molecular flexibility index (Phi) is 2.03. The Morgan fingerprint density at radius 3 is 3.11 bits per heavy atom. The van der Waals surface area contributed by atoms with Crippen molar-refractivity contribution in [1.82, 2.24) is 19.7 Å². The molecule has 0 radical (unpaired) electrons. The molecule has 94 valence electrons. The molecule has 2 N–H and O–H groups in total. The minimum Gasteiger partial charge on any atom is -0.367 e. The van der Waals surface area contributed by atoms with Gasteiger partial charge >= 0.3 is 0 Å². The fraction of sp³-hybridized carbons (Fsp3) is 0.143. The summed E-state index contributed by atoms with van der Waals surface area (Å²) in [7, 11) is 1.98. The number of fused-ring (bicyclic) bond motifs is 3. The van der Waals surface area contributed by atoms with Gasteiger partial charge in [0.2, 0.25) is 0 Å². The van der Waals surface area contributed by atoms with Crippen LogP contribution in [-0.2, 0) is 13.6 Å². The molecule has 5 heteroatoms. The standard InChI is InChI=1S/C14H13N5/c1-19-13-10(8-17-19)7-16-14-11(13)5-12(18-14)9-3-2-4-15-6-9/h2-6,8,16,18H,7H2,1H3. The van der Waals surface area contributed by atoms with E-state index in [1.807, 2.05) is 30.2 Å². The number of hydrogen-bond donors (Lipinski definition) is 2. The maximum absolute atomic E-state index is 4.33. The van der Waals surface area contributed by atoms with Gasteiger partial charge < -0.3 is 10.3 Å². The highest BCUT2D eigenvalue weighted by Gasteiger charge is 2.22. The fourth-order valence-corrected chi connectivity index (χ4v) is 2.60. The van der Waals surface area contributed by atoms with Crippen molar-refractivity contribution in [2.75, 3.05) is 5.32 Å². The molecule has 1 aliphatic rings. The van der Waals surface area contributed by atoms with Gasteiger partial charge in [-0.1, -0.05) is 0 Å². The van der Waals surface area contributed by atoms with E-state index in [2.05, 4.69) is 32.5 Å². The van der Waals surface area contributed by atoms with Crippen LogP contribution in [0, 0.1) is 0 Å². The highest BCUT2D eigenvalue weighted by molar-refractivity contribution is 5.83. The molecule has 4 rings (SSSR count). The quantitative estimate of drug-likeness (QED) is 0.698. The summed E-state index contributed by atoms with van der Waals surface area (Å²) >= 11 is 0. The van der Waals surface area contributed by atoms with Crippen molar-refractivity contribution in [3.05, 3.63) is 42.4 Å². The number of nitrogens with one attached hydrogen (secondary N) is 2. The maximum Gasteiger partial charge on any atom is 0.113 e. The van der Waals surface area contributed by atoms with Crippen molar-refractivity contribution in [2.45, 2.75) is 6.54 Å². The van der Waals surface area contributed by atoms with Crippen LogP contribution in [0.2, 0.25) is 0 Å². The van der Waals surface area contributed by atoms with Crippen LogP contribution in [0.5, 0.6) is 0 Å². The Morgan fingerprint density at radius 1 is 1.32 bits per heavy atom. The second kappa shape index (κ2) is 3.71. The van der Waals surface area contributed by atoms with Gasteiger partial charge in [-0.3, -0.25) is 9.67 Å². The number of H-pyrrole nitrogens is 1. The average molecular weight is 251 g/mol. The Balaban J connectivity index is 1.90. The van der Waals surface area contributed by atoms with Gasteiger partial charge in [-0.2, -0.15) is 5.10 Å². The molecule has 0 saturated heterocycles. The molecule has 0 amide bonds. The molecule has 0 spiro atoms. The highest BCUT2D eigenvalue weighted by Crippen LogP contribution is 2.37. The zero-order chi connectivity index (χ0) is 12.8. The third kappa shape index (κ3) is 1.48. The van der Waals surface area contributed by atoms with E-state index in [0.717, 1.165) is 23.6 Å². The van der Waals surface area contributed by atoms with Crippen LogP contribution in [0.4, 0.5) is 5.82 Å². The van der Waals surface area contributed by atoms with Gasteiger partial charge in [0.05, 0.1) is 11.9 Å². The Hall–Kier alpha value is -2.56. The van der Waals surface area contributed by atoms with Gasteiger partial charge in [0.25, 0.3) is 0 Å². The highest BCUT2D eigenvalue weighted by atomic mass is 15.3. The van der Waals surface area contributed by atoms with Crippen LogP contribution in [0.1, 0.15) is 5.56 Å². The first kappa shape index (κ1) is 10.4. The van der Waals surface area contributed by atoms with Crippen LogP contribution in [0.25, 0.3) is 22.5 Å². The topological polar surface area (TPSA) is 58.5 Å². The van der Waals surface area contributed by atoms with E-state index in [1.165, 1.54) is 16.8 Å². The number of nitrogens with zero attached hydrogens (tertiary/aromatic N) is 3. The van der Waals surface area contributed by atoms with Gasteiger partial charge in [0, 0.05) is 48.4 Å². The summed E-state index contributed by atoms with van der Waals surface area (Å²) in [5.41, 5.74) is 5.73. The molecule has 4 heterocycles. The Morgan fingerprint density at radius 2 is 2.26 bits per heavy atom. The summed E-state index contributed by atoms with van der Waals surface area (Å²) in [6.07, 6.45) is 5.56. The number of rotatable bonds is 1. The second-order valence-corrected chi connectivity index (χ2v) is 4.71. The summed E-state index contributed by atoms with van der Waals surface area (Å²) in [6.45, 7) is 0.809. The molecule has 0 atom stereocenters. The summed E-state index contributed by atoms with van der Waals surface area (Å²) in [5, 5.41) is 7.72. The molecule has 0 bridgehead atoms. The van der Waals surface area contributed by atoms with E-state index in [-0.39, 0.29) is 0 Å². The zero-order valence-corrected chi connectivity index (χ0v) is 10.5. The zero-order valence-electron chi connectivity index (χ0n) is 10.5. The van der Waals surface area contributed by atoms with Crippen LogP contribution in [0.3, 0.4) is 0 Å². The predicted octanol–water partition coefficient (Wildman–Crippen LogP) is 2.40. The number of anilines is 1. The summed E-state index contributed by atoms with van der Waals surface area (Å²) in [4.78, 5) is 7.58. The SMILES string of the molecule is Cn1ncc2c1-c1cc(-c3cccnc3)[nH]c1NC2. The minimum atomic E-state index is 0.809. The molecule has 1 aliphatic heterocycles. The van der Waals surface area contributed by atoms with Gasteiger partial charge in [0.1, 0.15) is 5.82 Å². The molecule has 0 saturated carbocycles. The molecule has 19 heavy (non-hydrogen) atoms.